The summed E-state index contributed by atoms with van der Waals surface area (Å²) < 4.78 is 1.64. The highest BCUT2D eigenvalue weighted by atomic mass is 16.2. The first-order chi connectivity index (χ1) is 12.8. The van der Waals surface area contributed by atoms with Crippen LogP contribution in [0.25, 0.3) is 17.1 Å². The Kier molecular flexibility index (Phi) is 5.07. The minimum absolute atomic E-state index is 0.0155. The highest BCUT2D eigenvalue weighted by molar-refractivity contribution is 6.01. The van der Waals surface area contributed by atoms with Crippen LogP contribution in [0.15, 0.2) is 24.3 Å². The number of tetrazole rings is 1. The summed E-state index contributed by atoms with van der Waals surface area (Å²) in [6.45, 7) is 12.0. The SMILES string of the molecule is Cc1nn(-c2nn[nH]n2)c(C)c1-c1ccccc1C(=O)N(C(C)C)C(C)C. The van der Waals surface area contributed by atoms with Gasteiger partial charge in [-0.1, -0.05) is 23.3 Å². The molecule has 1 N–H and O–H groups in total. The van der Waals surface area contributed by atoms with E-state index in [4.69, 9.17) is 0 Å². The van der Waals surface area contributed by atoms with Crippen molar-refractivity contribution >= 4 is 5.91 Å². The van der Waals surface area contributed by atoms with Crippen LogP contribution in [0.1, 0.15) is 49.4 Å². The third-order valence-electron chi connectivity index (χ3n) is 4.59. The summed E-state index contributed by atoms with van der Waals surface area (Å²) in [6.07, 6.45) is 0. The fourth-order valence-corrected chi connectivity index (χ4v) is 3.57. The number of nitrogens with zero attached hydrogens (tertiary/aromatic N) is 6. The van der Waals surface area contributed by atoms with Crippen molar-refractivity contribution in [1.82, 2.24) is 35.3 Å². The minimum Gasteiger partial charge on any atom is -0.334 e. The number of H-pyrrole nitrogens is 1. The number of rotatable bonds is 5. The first-order valence-corrected chi connectivity index (χ1v) is 9.05. The summed E-state index contributed by atoms with van der Waals surface area (Å²) in [5.74, 6) is 0.387. The Hall–Kier alpha value is -3.03. The number of benzene rings is 1. The van der Waals surface area contributed by atoms with Crippen LogP contribution in [0.5, 0.6) is 0 Å². The normalized spacial score (nSPS) is 11.4. The van der Waals surface area contributed by atoms with Gasteiger partial charge in [0.2, 0.25) is 0 Å². The fourth-order valence-electron chi connectivity index (χ4n) is 3.57. The Morgan fingerprint density at radius 1 is 1.11 bits per heavy atom. The molecule has 0 saturated carbocycles. The smallest absolute Gasteiger partial charge is 0.290 e. The molecule has 0 aliphatic heterocycles. The predicted molar refractivity (Wildman–Crippen MR) is 103 cm³/mol. The summed E-state index contributed by atoms with van der Waals surface area (Å²) in [5.41, 5.74) is 4.10. The molecule has 8 heteroatoms. The van der Waals surface area contributed by atoms with Crippen molar-refractivity contribution in [1.29, 1.82) is 0 Å². The Morgan fingerprint density at radius 2 is 1.78 bits per heavy atom. The molecule has 1 amide bonds. The molecule has 0 unspecified atom stereocenters. The zero-order valence-electron chi connectivity index (χ0n) is 16.6. The number of hydrogen-bond donors (Lipinski definition) is 1. The maximum Gasteiger partial charge on any atom is 0.290 e. The number of aryl methyl sites for hydroxylation is 1. The molecule has 2 aromatic heterocycles. The zero-order valence-corrected chi connectivity index (χ0v) is 16.6. The summed E-state index contributed by atoms with van der Waals surface area (Å²) in [4.78, 5) is 15.2. The molecular weight excluding hydrogens is 342 g/mol. The lowest BCUT2D eigenvalue weighted by Gasteiger charge is -2.31. The van der Waals surface area contributed by atoms with Crippen LogP contribution in [-0.4, -0.2) is 53.3 Å². The first-order valence-electron chi connectivity index (χ1n) is 9.05. The van der Waals surface area contributed by atoms with Crippen LogP contribution in [0.3, 0.4) is 0 Å². The summed E-state index contributed by atoms with van der Waals surface area (Å²) in [5, 5.41) is 18.6. The number of hydrogen-bond acceptors (Lipinski definition) is 5. The van der Waals surface area contributed by atoms with Crippen molar-refractivity contribution in [2.24, 2.45) is 0 Å². The molecule has 1 aromatic carbocycles. The largest absolute Gasteiger partial charge is 0.334 e. The predicted octanol–water partition coefficient (Wildman–Crippen LogP) is 2.93. The topological polar surface area (TPSA) is 92.6 Å². The second kappa shape index (κ2) is 7.30. The molecule has 3 aromatic rings. The van der Waals surface area contributed by atoms with Gasteiger partial charge in [-0.3, -0.25) is 4.79 Å². The van der Waals surface area contributed by atoms with E-state index in [9.17, 15) is 4.79 Å². The van der Waals surface area contributed by atoms with Crippen molar-refractivity contribution in [3.05, 3.63) is 41.2 Å². The molecule has 2 heterocycles. The molecule has 142 valence electrons. The van der Waals surface area contributed by atoms with Crippen LogP contribution in [0.2, 0.25) is 0 Å². The molecule has 0 spiro atoms. The summed E-state index contributed by atoms with van der Waals surface area (Å²) in [7, 11) is 0. The lowest BCUT2D eigenvalue weighted by atomic mass is 9.96. The number of nitrogens with one attached hydrogen (secondary N) is 1. The quantitative estimate of drug-likeness (QED) is 0.748. The highest BCUT2D eigenvalue weighted by Gasteiger charge is 2.26. The maximum absolute atomic E-state index is 13.3. The Labute approximate surface area is 158 Å². The van der Waals surface area contributed by atoms with Gasteiger partial charge in [-0.25, -0.2) is 0 Å². The molecule has 0 aliphatic rings. The van der Waals surface area contributed by atoms with E-state index in [-0.39, 0.29) is 18.0 Å². The second-order valence-electron chi connectivity index (χ2n) is 7.11. The van der Waals surface area contributed by atoms with Crippen LogP contribution < -0.4 is 0 Å². The Bertz CT molecular complexity index is 933. The van der Waals surface area contributed by atoms with Gasteiger partial charge in [-0.15, -0.1) is 5.10 Å². The van der Waals surface area contributed by atoms with Crippen LogP contribution in [-0.2, 0) is 0 Å². The van der Waals surface area contributed by atoms with Gasteiger partial charge in [0.1, 0.15) is 0 Å². The van der Waals surface area contributed by atoms with Crippen molar-refractivity contribution in [2.75, 3.05) is 0 Å². The molecule has 0 atom stereocenters. The van der Waals surface area contributed by atoms with Gasteiger partial charge >= 0.3 is 0 Å². The van der Waals surface area contributed by atoms with Crippen molar-refractivity contribution < 1.29 is 4.79 Å². The van der Waals surface area contributed by atoms with Gasteiger partial charge in [0.15, 0.2) is 0 Å². The number of aromatic nitrogens is 6. The Morgan fingerprint density at radius 3 is 2.37 bits per heavy atom. The summed E-state index contributed by atoms with van der Waals surface area (Å²) in [6, 6.07) is 7.88. The van der Waals surface area contributed by atoms with Gasteiger partial charge in [0, 0.05) is 23.2 Å². The summed E-state index contributed by atoms with van der Waals surface area (Å²) >= 11 is 0. The van der Waals surface area contributed by atoms with E-state index < -0.39 is 0 Å². The van der Waals surface area contributed by atoms with E-state index in [2.05, 4.69) is 25.7 Å². The molecule has 8 nitrogen and oxygen atoms in total. The van der Waals surface area contributed by atoms with Crippen LogP contribution in [0, 0.1) is 13.8 Å². The van der Waals surface area contributed by atoms with Crippen molar-refractivity contribution in [3.63, 3.8) is 0 Å². The van der Waals surface area contributed by atoms with E-state index in [1.807, 2.05) is 70.7 Å². The van der Waals surface area contributed by atoms with E-state index in [0.717, 1.165) is 22.5 Å². The van der Waals surface area contributed by atoms with Crippen LogP contribution in [0.4, 0.5) is 0 Å². The fraction of sp³-hybridized carbons (Fsp3) is 0.421. The first kappa shape index (κ1) is 18.8. The van der Waals surface area contributed by atoms with Gasteiger partial charge < -0.3 is 4.90 Å². The van der Waals surface area contributed by atoms with Crippen molar-refractivity contribution in [3.8, 4) is 17.1 Å². The third-order valence-corrected chi connectivity index (χ3v) is 4.59. The van der Waals surface area contributed by atoms with E-state index in [1.165, 1.54) is 0 Å². The third kappa shape index (κ3) is 3.34. The standard InChI is InChI=1S/C19H25N7O/c1-11(2)25(12(3)4)18(27)16-10-8-7-9-15(16)17-13(5)22-26(14(17)6)19-20-23-24-21-19/h7-12H,1-6H3,(H,20,21,23,24). The molecule has 27 heavy (non-hydrogen) atoms. The van der Waals surface area contributed by atoms with Crippen LogP contribution >= 0.6 is 0 Å². The van der Waals surface area contributed by atoms with E-state index in [0.29, 0.717) is 11.5 Å². The Balaban J connectivity index is 2.14. The molecule has 0 bridgehead atoms. The van der Waals surface area contributed by atoms with Crippen molar-refractivity contribution in [2.45, 2.75) is 53.6 Å². The average molecular weight is 367 g/mol. The van der Waals surface area contributed by atoms with E-state index in [1.54, 1.807) is 4.68 Å². The molecular formula is C19H25N7O. The monoisotopic (exact) mass is 367 g/mol. The van der Waals surface area contributed by atoms with Gasteiger partial charge in [0.25, 0.3) is 11.9 Å². The second-order valence-corrected chi connectivity index (χ2v) is 7.11. The lowest BCUT2D eigenvalue weighted by Crippen LogP contribution is -2.42. The molecule has 0 fully saturated rings. The zero-order chi connectivity index (χ0) is 19.7. The number of amides is 1. The number of carbonyl (C=O) groups is 1. The van der Waals surface area contributed by atoms with E-state index >= 15 is 0 Å². The van der Waals surface area contributed by atoms with Gasteiger partial charge in [-0.2, -0.15) is 15.0 Å². The van der Waals surface area contributed by atoms with Gasteiger partial charge in [-0.05, 0) is 58.4 Å². The highest BCUT2D eigenvalue weighted by Crippen LogP contribution is 2.32. The molecule has 3 rings (SSSR count). The molecule has 0 radical (unpaired) electrons. The average Bonchev–Trinajstić information content (AvgIpc) is 3.22. The van der Waals surface area contributed by atoms with Gasteiger partial charge in [0.05, 0.1) is 11.4 Å². The minimum atomic E-state index is 0.0155. The maximum atomic E-state index is 13.3. The lowest BCUT2D eigenvalue weighted by molar-refractivity contribution is 0.0644. The number of aromatic amines is 1. The molecule has 0 saturated heterocycles. The number of carbonyl (C=O) groups excluding carboxylic acids is 1. The molecule has 0 aliphatic carbocycles.